The number of benzene rings is 2. The molecule has 0 atom stereocenters. The first-order valence-corrected chi connectivity index (χ1v) is 9.68. The lowest BCUT2D eigenvalue weighted by Crippen LogP contribution is -2.30. The molecule has 0 spiro atoms. The largest absolute Gasteiger partial charge is 0.308 e. The zero-order chi connectivity index (χ0) is 16.4. The minimum absolute atomic E-state index is 0.0178. The van der Waals surface area contributed by atoms with Crippen LogP contribution in [0, 0.1) is 0 Å². The normalized spacial score (nSPS) is 14.8. The van der Waals surface area contributed by atoms with Gasteiger partial charge in [-0.3, -0.25) is 4.79 Å². The average molecular weight is 352 g/mol. The molecule has 120 valence electrons. The third-order valence-electron chi connectivity index (χ3n) is 3.88. The second-order valence-electron chi connectivity index (χ2n) is 5.51. The summed E-state index contributed by atoms with van der Waals surface area (Å²) in [5.74, 6) is 1.06. The number of thioether (sulfide) groups is 1. The van der Waals surface area contributed by atoms with Crippen molar-refractivity contribution >= 4 is 51.0 Å². The monoisotopic (exact) mass is 352 g/mol. The van der Waals surface area contributed by atoms with Gasteiger partial charge < -0.3 is 4.90 Å². The van der Waals surface area contributed by atoms with E-state index in [4.69, 9.17) is 0 Å². The van der Waals surface area contributed by atoms with E-state index in [-0.39, 0.29) is 5.91 Å². The SMILES string of the molecule is O=C(/C=C/c1nc2ccccc2s1)N1CCCSc2ccccc21. The van der Waals surface area contributed by atoms with Gasteiger partial charge in [-0.2, -0.15) is 0 Å². The Kier molecular flexibility index (Phi) is 4.36. The molecular formula is C19H16N2OS2. The zero-order valence-corrected chi connectivity index (χ0v) is 14.6. The van der Waals surface area contributed by atoms with Crippen LogP contribution in [0.15, 0.2) is 59.5 Å². The van der Waals surface area contributed by atoms with Gasteiger partial charge >= 0.3 is 0 Å². The van der Waals surface area contributed by atoms with Crippen molar-refractivity contribution in [2.75, 3.05) is 17.2 Å². The highest BCUT2D eigenvalue weighted by molar-refractivity contribution is 7.99. The molecule has 0 saturated heterocycles. The van der Waals surface area contributed by atoms with Crippen molar-refractivity contribution in [2.45, 2.75) is 11.3 Å². The van der Waals surface area contributed by atoms with Gasteiger partial charge in [0.05, 0.1) is 15.9 Å². The lowest BCUT2D eigenvalue weighted by molar-refractivity contribution is -0.114. The van der Waals surface area contributed by atoms with Crippen molar-refractivity contribution in [3.8, 4) is 0 Å². The van der Waals surface area contributed by atoms with Crippen LogP contribution in [0.5, 0.6) is 0 Å². The Hall–Kier alpha value is -2.11. The Bertz CT molecular complexity index is 883. The quantitative estimate of drug-likeness (QED) is 0.619. The number of amides is 1. The van der Waals surface area contributed by atoms with E-state index in [1.165, 1.54) is 4.90 Å². The number of carbonyl (C=O) groups excluding carboxylic acids is 1. The Balaban J connectivity index is 1.59. The topological polar surface area (TPSA) is 33.2 Å². The third kappa shape index (κ3) is 3.09. The lowest BCUT2D eigenvalue weighted by atomic mass is 10.2. The molecule has 0 unspecified atom stereocenters. The van der Waals surface area contributed by atoms with Gasteiger partial charge in [-0.05, 0) is 42.5 Å². The summed E-state index contributed by atoms with van der Waals surface area (Å²) in [6, 6.07) is 16.2. The molecule has 1 amide bonds. The Morgan fingerprint density at radius 3 is 2.88 bits per heavy atom. The maximum absolute atomic E-state index is 12.7. The number of aromatic nitrogens is 1. The van der Waals surface area contributed by atoms with E-state index in [1.54, 1.807) is 17.4 Å². The van der Waals surface area contributed by atoms with E-state index in [0.29, 0.717) is 0 Å². The van der Waals surface area contributed by atoms with Gasteiger partial charge in [-0.15, -0.1) is 23.1 Å². The number of para-hydroxylation sites is 2. The maximum Gasteiger partial charge on any atom is 0.251 e. The number of thiazole rings is 1. The molecule has 1 aromatic heterocycles. The van der Waals surface area contributed by atoms with Gasteiger partial charge in [-0.25, -0.2) is 4.98 Å². The molecule has 1 aliphatic heterocycles. The molecule has 4 rings (SSSR count). The van der Waals surface area contributed by atoms with Crippen LogP contribution in [-0.2, 0) is 4.79 Å². The summed E-state index contributed by atoms with van der Waals surface area (Å²) in [4.78, 5) is 20.3. The van der Waals surface area contributed by atoms with Crippen molar-refractivity contribution in [2.24, 2.45) is 0 Å². The van der Waals surface area contributed by atoms with Crippen LogP contribution in [0.2, 0.25) is 0 Å². The fraction of sp³-hybridized carbons (Fsp3) is 0.158. The molecule has 5 heteroatoms. The highest BCUT2D eigenvalue weighted by Gasteiger charge is 2.19. The van der Waals surface area contributed by atoms with Crippen molar-refractivity contribution < 1.29 is 4.79 Å². The summed E-state index contributed by atoms with van der Waals surface area (Å²) in [6.45, 7) is 0.757. The Morgan fingerprint density at radius 1 is 1.12 bits per heavy atom. The van der Waals surface area contributed by atoms with E-state index in [1.807, 2.05) is 59.1 Å². The van der Waals surface area contributed by atoms with E-state index in [0.717, 1.165) is 39.6 Å². The highest BCUT2D eigenvalue weighted by atomic mass is 32.2. The number of hydrogen-bond donors (Lipinski definition) is 0. The molecule has 3 nitrogen and oxygen atoms in total. The summed E-state index contributed by atoms with van der Waals surface area (Å²) in [6.07, 6.45) is 4.47. The number of fused-ring (bicyclic) bond motifs is 2. The van der Waals surface area contributed by atoms with Crippen molar-refractivity contribution in [1.82, 2.24) is 4.98 Å². The summed E-state index contributed by atoms with van der Waals surface area (Å²) in [5, 5.41) is 0.863. The maximum atomic E-state index is 12.7. The molecule has 2 heterocycles. The number of nitrogens with zero attached hydrogens (tertiary/aromatic N) is 2. The third-order valence-corrected chi connectivity index (χ3v) is 6.04. The number of anilines is 1. The average Bonchev–Trinajstić information content (AvgIpc) is 2.91. The molecule has 3 aromatic rings. The van der Waals surface area contributed by atoms with E-state index in [2.05, 4.69) is 17.1 Å². The lowest BCUT2D eigenvalue weighted by Gasteiger charge is -2.20. The summed E-state index contributed by atoms with van der Waals surface area (Å²) >= 11 is 3.42. The Labute approximate surface area is 149 Å². The predicted molar refractivity (Wildman–Crippen MR) is 103 cm³/mol. The standard InChI is InChI=1S/C19H16N2OS2/c22-19(11-10-18-20-14-6-1-3-8-16(14)24-18)21-12-5-13-23-17-9-4-2-7-15(17)21/h1-4,6-11H,5,12-13H2/b11-10+. The molecule has 0 N–H and O–H groups in total. The molecule has 1 aliphatic rings. The second-order valence-corrected chi connectivity index (χ2v) is 7.71. The molecular weight excluding hydrogens is 336 g/mol. The molecule has 0 radical (unpaired) electrons. The molecule has 0 fully saturated rings. The first-order valence-electron chi connectivity index (χ1n) is 7.88. The second kappa shape index (κ2) is 6.79. The van der Waals surface area contributed by atoms with E-state index in [9.17, 15) is 4.79 Å². The molecule has 24 heavy (non-hydrogen) atoms. The summed E-state index contributed by atoms with van der Waals surface area (Å²) in [5.41, 5.74) is 1.99. The van der Waals surface area contributed by atoms with E-state index >= 15 is 0 Å². The van der Waals surface area contributed by atoms with Gasteiger partial charge in [0.15, 0.2) is 0 Å². The van der Waals surface area contributed by atoms with Crippen molar-refractivity contribution in [1.29, 1.82) is 0 Å². The van der Waals surface area contributed by atoms with Gasteiger partial charge in [0.2, 0.25) is 0 Å². The number of rotatable bonds is 2. The van der Waals surface area contributed by atoms with Gasteiger partial charge in [0.25, 0.3) is 5.91 Å². The van der Waals surface area contributed by atoms with Crippen LogP contribution in [-0.4, -0.2) is 23.2 Å². The van der Waals surface area contributed by atoms with Crippen LogP contribution < -0.4 is 4.90 Å². The van der Waals surface area contributed by atoms with Crippen LogP contribution in [0.4, 0.5) is 5.69 Å². The van der Waals surface area contributed by atoms with Crippen molar-refractivity contribution in [3.63, 3.8) is 0 Å². The van der Waals surface area contributed by atoms with Crippen LogP contribution in [0.25, 0.3) is 16.3 Å². The Morgan fingerprint density at radius 2 is 1.96 bits per heavy atom. The number of carbonyl (C=O) groups is 1. The van der Waals surface area contributed by atoms with Crippen LogP contribution >= 0.6 is 23.1 Å². The van der Waals surface area contributed by atoms with Gasteiger partial charge in [-0.1, -0.05) is 24.3 Å². The van der Waals surface area contributed by atoms with E-state index < -0.39 is 0 Å². The molecule has 0 bridgehead atoms. The summed E-state index contributed by atoms with van der Waals surface area (Å²) < 4.78 is 1.14. The van der Waals surface area contributed by atoms with Crippen LogP contribution in [0.3, 0.4) is 0 Å². The van der Waals surface area contributed by atoms with Crippen molar-refractivity contribution in [3.05, 3.63) is 59.6 Å². The smallest absolute Gasteiger partial charge is 0.251 e. The fourth-order valence-corrected chi connectivity index (χ4v) is 4.61. The van der Waals surface area contributed by atoms with Gasteiger partial charge in [0, 0.05) is 17.5 Å². The van der Waals surface area contributed by atoms with Gasteiger partial charge in [0.1, 0.15) is 5.01 Å². The first kappa shape index (κ1) is 15.4. The first-order chi connectivity index (χ1) is 11.8. The molecule has 0 saturated carbocycles. The predicted octanol–water partition coefficient (Wildman–Crippen LogP) is 4.84. The summed E-state index contributed by atoms with van der Waals surface area (Å²) in [7, 11) is 0. The molecule has 0 aliphatic carbocycles. The fourth-order valence-electron chi connectivity index (χ4n) is 2.75. The molecule has 2 aromatic carbocycles. The zero-order valence-electron chi connectivity index (χ0n) is 13.0. The minimum Gasteiger partial charge on any atom is -0.308 e. The minimum atomic E-state index is 0.0178. The van der Waals surface area contributed by atoms with Crippen LogP contribution in [0.1, 0.15) is 11.4 Å². The number of hydrogen-bond acceptors (Lipinski definition) is 4. The highest BCUT2D eigenvalue weighted by Crippen LogP contribution is 2.33.